The van der Waals surface area contributed by atoms with Gasteiger partial charge in [-0.1, -0.05) is 0 Å². The summed E-state index contributed by atoms with van der Waals surface area (Å²) in [7, 11) is -3.38. The van der Waals surface area contributed by atoms with Crippen LogP contribution in [0.25, 0.3) is 0 Å². The van der Waals surface area contributed by atoms with Gasteiger partial charge < -0.3 is 10.1 Å². The molecule has 21 heavy (non-hydrogen) atoms. The smallest absolute Gasteiger partial charge is 0.243 e. The average Bonchev–Trinajstić information content (AvgIpc) is 2.76. The van der Waals surface area contributed by atoms with Crippen LogP contribution in [0.15, 0.2) is 23.1 Å². The molecular weight excluding hydrogens is 312 g/mol. The first-order chi connectivity index (χ1) is 9.68. The summed E-state index contributed by atoms with van der Waals surface area (Å²) in [6.45, 7) is 3.44. The van der Waals surface area contributed by atoms with E-state index < -0.39 is 10.0 Å². The molecule has 7 heteroatoms. The topological polar surface area (TPSA) is 58.6 Å². The fraction of sp³-hybridized carbons (Fsp3) is 0.571. The van der Waals surface area contributed by atoms with Crippen LogP contribution in [0.1, 0.15) is 18.4 Å². The zero-order valence-corrected chi connectivity index (χ0v) is 13.5. The van der Waals surface area contributed by atoms with E-state index in [1.807, 2.05) is 0 Å². The maximum Gasteiger partial charge on any atom is 0.243 e. The lowest BCUT2D eigenvalue weighted by Crippen LogP contribution is -2.34. The van der Waals surface area contributed by atoms with Crippen molar-refractivity contribution in [2.75, 3.05) is 32.8 Å². The average molecular weight is 333 g/mol. The van der Waals surface area contributed by atoms with Gasteiger partial charge in [0.2, 0.25) is 10.0 Å². The molecule has 0 spiro atoms. The molecule has 0 aromatic heterocycles. The van der Waals surface area contributed by atoms with Crippen molar-refractivity contribution in [1.29, 1.82) is 0 Å². The molecule has 0 saturated carbocycles. The van der Waals surface area contributed by atoms with Crippen LogP contribution in [0, 0.1) is 0 Å². The first kappa shape index (κ1) is 16.5. The van der Waals surface area contributed by atoms with Gasteiger partial charge in [-0.25, -0.2) is 8.42 Å². The second-order valence-electron chi connectivity index (χ2n) is 5.23. The zero-order valence-electron chi connectivity index (χ0n) is 11.9. The summed E-state index contributed by atoms with van der Waals surface area (Å²) in [5.74, 6) is 0.827. The van der Waals surface area contributed by atoms with Crippen LogP contribution in [-0.2, 0) is 16.4 Å². The van der Waals surface area contributed by atoms with E-state index in [0.717, 1.165) is 43.7 Å². The van der Waals surface area contributed by atoms with E-state index in [-0.39, 0.29) is 12.4 Å². The quantitative estimate of drug-likeness (QED) is 0.890. The number of halogens is 1. The number of hydrogen-bond acceptors (Lipinski definition) is 4. The molecule has 1 N–H and O–H groups in total. The van der Waals surface area contributed by atoms with Crippen LogP contribution in [-0.4, -0.2) is 45.5 Å². The van der Waals surface area contributed by atoms with Crippen LogP contribution in [0.5, 0.6) is 5.75 Å². The molecule has 1 aromatic rings. The maximum atomic E-state index is 12.7. The molecule has 0 radical (unpaired) electrons. The van der Waals surface area contributed by atoms with Gasteiger partial charge in [-0.15, -0.1) is 12.4 Å². The summed E-state index contributed by atoms with van der Waals surface area (Å²) in [5, 5.41) is 3.22. The Morgan fingerprint density at radius 1 is 1.14 bits per heavy atom. The first-order valence-electron chi connectivity index (χ1n) is 7.14. The molecule has 2 aliphatic rings. The van der Waals surface area contributed by atoms with Gasteiger partial charge in [0.1, 0.15) is 5.75 Å². The number of nitrogens with zero attached hydrogens (tertiary/aromatic N) is 1. The molecule has 0 amide bonds. The molecule has 3 rings (SSSR count). The van der Waals surface area contributed by atoms with Crippen LogP contribution in [0.4, 0.5) is 0 Å². The van der Waals surface area contributed by atoms with Gasteiger partial charge in [-0.05, 0) is 49.6 Å². The molecule has 118 valence electrons. The predicted molar refractivity (Wildman–Crippen MR) is 83.8 cm³/mol. The number of fused-ring (bicyclic) bond motifs is 1. The van der Waals surface area contributed by atoms with Gasteiger partial charge in [0.15, 0.2) is 0 Å². The van der Waals surface area contributed by atoms with Crippen molar-refractivity contribution in [3.05, 3.63) is 23.8 Å². The Hall–Kier alpha value is -0.820. The van der Waals surface area contributed by atoms with E-state index in [0.29, 0.717) is 24.5 Å². The van der Waals surface area contributed by atoms with Crippen molar-refractivity contribution in [3.8, 4) is 5.75 Å². The Morgan fingerprint density at radius 2 is 2.00 bits per heavy atom. The fourth-order valence-corrected chi connectivity index (χ4v) is 4.24. The second-order valence-corrected chi connectivity index (χ2v) is 7.17. The zero-order chi connectivity index (χ0) is 14.0. The lowest BCUT2D eigenvalue weighted by Gasteiger charge is -2.22. The van der Waals surface area contributed by atoms with Crippen molar-refractivity contribution < 1.29 is 13.2 Å². The highest BCUT2D eigenvalue weighted by molar-refractivity contribution is 7.89. The predicted octanol–water partition coefficient (Wildman–Crippen LogP) is 1.42. The van der Waals surface area contributed by atoms with Crippen LogP contribution >= 0.6 is 12.4 Å². The third-order valence-corrected chi connectivity index (χ3v) is 5.71. The highest BCUT2D eigenvalue weighted by Gasteiger charge is 2.26. The van der Waals surface area contributed by atoms with Gasteiger partial charge in [0, 0.05) is 19.6 Å². The SMILES string of the molecule is Cl.O=S(=O)(c1ccc2c(c1)CCCO2)N1CCCNCC1. The molecule has 1 aromatic carbocycles. The van der Waals surface area contributed by atoms with Gasteiger partial charge in [0.25, 0.3) is 0 Å². The summed E-state index contributed by atoms with van der Waals surface area (Å²) in [5.41, 5.74) is 1.00. The third kappa shape index (κ3) is 3.51. The summed E-state index contributed by atoms with van der Waals surface area (Å²) < 4.78 is 32.5. The van der Waals surface area contributed by atoms with Crippen molar-refractivity contribution in [3.63, 3.8) is 0 Å². The minimum absolute atomic E-state index is 0. The maximum absolute atomic E-state index is 12.7. The van der Waals surface area contributed by atoms with E-state index in [2.05, 4.69) is 5.32 Å². The van der Waals surface area contributed by atoms with E-state index in [1.54, 1.807) is 22.5 Å². The molecule has 1 fully saturated rings. The number of rotatable bonds is 2. The number of benzene rings is 1. The van der Waals surface area contributed by atoms with Crippen LogP contribution in [0.2, 0.25) is 0 Å². The van der Waals surface area contributed by atoms with Gasteiger partial charge in [-0.2, -0.15) is 4.31 Å². The minimum atomic E-state index is -3.38. The van der Waals surface area contributed by atoms with Crippen molar-refractivity contribution in [2.24, 2.45) is 0 Å². The lowest BCUT2D eigenvalue weighted by molar-refractivity contribution is 0.288. The number of sulfonamides is 1. The second kappa shape index (κ2) is 6.96. The normalized spacial score (nSPS) is 19.8. The number of nitrogens with one attached hydrogen (secondary N) is 1. The molecule has 2 heterocycles. The third-order valence-electron chi connectivity index (χ3n) is 3.82. The molecule has 2 aliphatic heterocycles. The van der Waals surface area contributed by atoms with E-state index >= 15 is 0 Å². The number of aryl methyl sites for hydroxylation is 1. The Kier molecular flexibility index (Phi) is 5.48. The van der Waals surface area contributed by atoms with Gasteiger partial charge in [-0.3, -0.25) is 0 Å². The molecule has 5 nitrogen and oxygen atoms in total. The van der Waals surface area contributed by atoms with E-state index in [9.17, 15) is 8.42 Å². The first-order valence-corrected chi connectivity index (χ1v) is 8.58. The van der Waals surface area contributed by atoms with Gasteiger partial charge in [0.05, 0.1) is 11.5 Å². The molecule has 0 aliphatic carbocycles. The Bertz CT molecular complexity index is 584. The summed E-state index contributed by atoms with van der Waals surface area (Å²) in [6.07, 6.45) is 2.69. The molecule has 1 saturated heterocycles. The van der Waals surface area contributed by atoms with E-state index in [1.165, 1.54) is 0 Å². The molecular formula is C14H21ClN2O3S. The Morgan fingerprint density at radius 3 is 2.86 bits per heavy atom. The summed E-state index contributed by atoms with van der Waals surface area (Å²) in [4.78, 5) is 0.392. The van der Waals surface area contributed by atoms with Crippen molar-refractivity contribution in [2.45, 2.75) is 24.2 Å². The summed E-state index contributed by atoms with van der Waals surface area (Å²) >= 11 is 0. The van der Waals surface area contributed by atoms with E-state index in [4.69, 9.17) is 4.74 Å². The number of ether oxygens (including phenoxy) is 1. The van der Waals surface area contributed by atoms with Crippen LogP contribution < -0.4 is 10.1 Å². The lowest BCUT2D eigenvalue weighted by atomic mass is 10.1. The standard InChI is InChI=1S/C14H20N2O3S.ClH/c17-20(18,16-8-2-6-15-7-9-16)13-4-5-14-12(11-13)3-1-10-19-14;/h4-5,11,15H,1-3,6-10H2;1H. The number of hydrogen-bond donors (Lipinski definition) is 1. The van der Waals surface area contributed by atoms with Gasteiger partial charge >= 0.3 is 0 Å². The minimum Gasteiger partial charge on any atom is -0.493 e. The van der Waals surface area contributed by atoms with Crippen molar-refractivity contribution in [1.82, 2.24) is 9.62 Å². The molecule has 0 bridgehead atoms. The highest BCUT2D eigenvalue weighted by Crippen LogP contribution is 2.28. The van der Waals surface area contributed by atoms with Crippen molar-refractivity contribution >= 4 is 22.4 Å². The highest BCUT2D eigenvalue weighted by atomic mass is 35.5. The molecule has 0 unspecified atom stereocenters. The Balaban J connectivity index is 0.00000161. The fourth-order valence-electron chi connectivity index (χ4n) is 2.71. The largest absolute Gasteiger partial charge is 0.493 e. The monoisotopic (exact) mass is 332 g/mol. The van der Waals surface area contributed by atoms with Crippen LogP contribution in [0.3, 0.4) is 0 Å². The molecule has 0 atom stereocenters. The Labute approximate surface area is 132 Å². The summed E-state index contributed by atoms with van der Waals surface area (Å²) in [6, 6.07) is 5.23.